The number of nitrogens with one attached hydrogen (secondary N) is 2. The lowest BCUT2D eigenvalue weighted by atomic mass is 10.1. The average molecular weight is 263 g/mol. The van der Waals surface area contributed by atoms with Gasteiger partial charge in [0.25, 0.3) is 0 Å². The number of nitrogens with zero attached hydrogens (tertiary/aromatic N) is 2. The first-order valence-corrected chi connectivity index (χ1v) is 5.70. The molecule has 0 aliphatic carbocycles. The fourth-order valence-electron chi connectivity index (χ4n) is 1.55. The van der Waals surface area contributed by atoms with Crippen molar-refractivity contribution in [2.24, 2.45) is 5.84 Å². The molecule has 0 amide bonds. The third kappa shape index (κ3) is 3.52. The Morgan fingerprint density at radius 2 is 2.00 bits per heavy atom. The molecule has 7 heteroatoms. The van der Waals surface area contributed by atoms with Crippen molar-refractivity contribution >= 4 is 11.8 Å². The van der Waals surface area contributed by atoms with Gasteiger partial charge in [-0.15, -0.1) is 0 Å². The van der Waals surface area contributed by atoms with Crippen LogP contribution in [0.5, 0.6) is 5.75 Å². The van der Waals surface area contributed by atoms with Crippen LogP contribution < -0.4 is 16.6 Å². The summed E-state index contributed by atoms with van der Waals surface area (Å²) < 4.78 is 13.4. The number of hydrazine groups is 1. The Morgan fingerprint density at radius 1 is 1.26 bits per heavy atom. The van der Waals surface area contributed by atoms with E-state index in [1.54, 1.807) is 24.3 Å². The molecular weight excluding hydrogens is 249 g/mol. The largest absolute Gasteiger partial charge is 0.508 e. The molecule has 1 heterocycles. The van der Waals surface area contributed by atoms with Gasteiger partial charge < -0.3 is 10.4 Å². The molecule has 2 aromatic rings. The van der Waals surface area contributed by atoms with Gasteiger partial charge >= 0.3 is 0 Å². The lowest BCUT2D eigenvalue weighted by molar-refractivity contribution is 0.475. The number of aromatic nitrogens is 2. The van der Waals surface area contributed by atoms with Crippen molar-refractivity contribution in [2.45, 2.75) is 6.42 Å². The summed E-state index contributed by atoms with van der Waals surface area (Å²) in [6.07, 6.45) is 1.72. The van der Waals surface area contributed by atoms with E-state index in [1.807, 2.05) is 0 Å². The zero-order valence-electron chi connectivity index (χ0n) is 10.1. The number of phenolic OH excluding ortho intramolecular Hbond substituents is 1. The van der Waals surface area contributed by atoms with Crippen LogP contribution in [-0.4, -0.2) is 21.6 Å². The first-order valence-electron chi connectivity index (χ1n) is 5.70. The Hall–Kier alpha value is -2.41. The number of anilines is 2. The van der Waals surface area contributed by atoms with Crippen molar-refractivity contribution < 1.29 is 9.50 Å². The Bertz CT molecular complexity index is 546. The summed E-state index contributed by atoms with van der Waals surface area (Å²) in [7, 11) is 0. The molecule has 1 aromatic heterocycles. The molecule has 0 radical (unpaired) electrons. The van der Waals surface area contributed by atoms with Crippen LogP contribution in [0.15, 0.2) is 30.5 Å². The second-order valence-corrected chi connectivity index (χ2v) is 3.88. The summed E-state index contributed by atoms with van der Waals surface area (Å²) in [6, 6.07) is 6.83. The number of benzene rings is 1. The first kappa shape index (κ1) is 13.0. The zero-order chi connectivity index (χ0) is 13.7. The first-order chi connectivity index (χ1) is 9.19. The van der Waals surface area contributed by atoms with Crippen molar-refractivity contribution in [3.63, 3.8) is 0 Å². The van der Waals surface area contributed by atoms with Gasteiger partial charge in [0, 0.05) is 6.54 Å². The minimum absolute atomic E-state index is 0.0988. The van der Waals surface area contributed by atoms with Gasteiger partial charge in [0.2, 0.25) is 5.95 Å². The molecule has 1 aromatic carbocycles. The van der Waals surface area contributed by atoms with Gasteiger partial charge in [0.1, 0.15) is 5.75 Å². The van der Waals surface area contributed by atoms with Gasteiger partial charge in [-0.2, -0.15) is 4.98 Å². The Morgan fingerprint density at radius 3 is 2.68 bits per heavy atom. The van der Waals surface area contributed by atoms with E-state index in [4.69, 9.17) is 10.9 Å². The molecule has 0 aliphatic rings. The fraction of sp³-hybridized carbons (Fsp3) is 0.167. The minimum atomic E-state index is -0.537. The Labute approximate surface area is 109 Å². The van der Waals surface area contributed by atoms with Crippen molar-refractivity contribution in [1.82, 2.24) is 9.97 Å². The molecule has 0 fully saturated rings. The highest BCUT2D eigenvalue weighted by Crippen LogP contribution is 2.13. The maximum absolute atomic E-state index is 13.4. The molecule has 0 spiro atoms. The third-order valence-corrected chi connectivity index (χ3v) is 2.52. The van der Waals surface area contributed by atoms with Crippen LogP contribution >= 0.6 is 0 Å². The quantitative estimate of drug-likeness (QED) is 0.479. The number of rotatable bonds is 5. The Kier molecular flexibility index (Phi) is 4.09. The maximum Gasteiger partial charge on any atom is 0.239 e. The molecule has 0 unspecified atom stereocenters. The summed E-state index contributed by atoms with van der Waals surface area (Å²) in [5.41, 5.74) is 3.28. The molecule has 0 atom stereocenters. The number of aromatic hydroxyl groups is 1. The summed E-state index contributed by atoms with van der Waals surface area (Å²) in [6.45, 7) is 0.503. The molecule has 0 bridgehead atoms. The van der Waals surface area contributed by atoms with Crippen LogP contribution in [0, 0.1) is 5.82 Å². The predicted octanol–water partition coefficient (Wildman–Crippen LogP) is 1.26. The van der Waals surface area contributed by atoms with E-state index in [1.165, 1.54) is 0 Å². The summed E-state index contributed by atoms with van der Waals surface area (Å²) in [5, 5.41) is 12.0. The second-order valence-electron chi connectivity index (χ2n) is 3.88. The van der Waals surface area contributed by atoms with E-state index in [0.29, 0.717) is 13.0 Å². The van der Waals surface area contributed by atoms with Gasteiger partial charge in [-0.3, -0.25) is 5.43 Å². The van der Waals surface area contributed by atoms with Crippen LogP contribution in [0.3, 0.4) is 0 Å². The number of nitrogen functional groups attached to an aromatic ring is 1. The summed E-state index contributed by atoms with van der Waals surface area (Å²) >= 11 is 0. The van der Waals surface area contributed by atoms with E-state index in [-0.39, 0.29) is 17.5 Å². The van der Waals surface area contributed by atoms with Gasteiger partial charge in [0.05, 0.1) is 6.20 Å². The molecule has 6 nitrogen and oxygen atoms in total. The van der Waals surface area contributed by atoms with Crippen molar-refractivity contribution in [1.29, 1.82) is 0 Å². The van der Waals surface area contributed by atoms with E-state index >= 15 is 0 Å². The lowest BCUT2D eigenvalue weighted by Crippen LogP contribution is -2.14. The fourth-order valence-corrected chi connectivity index (χ4v) is 1.55. The van der Waals surface area contributed by atoms with Crippen LogP contribution in [0.4, 0.5) is 16.2 Å². The van der Waals surface area contributed by atoms with Crippen LogP contribution in [0.25, 0.3) is 0 Å². The molecule has 0 saturated carbocycles. The van der Waals surface area contributed by atoms with Gasteiger partial charge in [-0.1, -0.05) is 12.1 Å². The van der Waals surface area contributed by atoms with Crippen LogP contribution in [0.2, 0.25) is 0 Å². The van der Waals surface area contributed by atoms with Gasteiger partial charge in [-0.25, -0.2) is 15.2 Å². The number of nitrogens with two attached hydrogens (primary N) is 1. The Balaban J connectivity index is 1.93. The summed E-state index contributed by atoms with van der Waals surface area (Å²) in [5.74, 6) is 5.08. The maximum atomic E-state index is 13.4. The molecule has 100 valence electrons. The molecule has 5 N–H and O–H groups in total. The van der Waals surface area contributed by atoms with Gasteiger partial charge in [0.15, 0.2) is 11.6 Å². The van der Waals surface area contributed by atoms with Crippen LogP contribution in [0.1, 0.15) is 5.56 Å². The lowest BCUT2D eigenvalue weighted by Gasteiger charge is -2.07. The van der Waals surface area contributed by atoms with Gasteiger partial charge in [-0.05, 0) is 24.1 Å². The van der Waals surface area contributed by atoms with E-state index in [9.17, 15) is 4.39 Å². The van der Waals surface area contributed by atoms with Crippen molar-refractivity contribution in [3.8, 4) is 5.75 Å². The highest BCUT2D eigenvalue weighted by molar-refractivity contribution is 5.40. The highest BCUT2D eigenvalue weighted by atomic mass is 19.1. The van der Waals surface area contributed by atoms with E-state index < -0.39 is 5.82 Å². The molecular formula is C12H14FN5O. The minimum Gasteiger partial charge on any atom is -0.508 e. The normalized spacial score (nSPS) is 10.2. The monoisotopic (exact) mass is 263 g/mol. The SMILES string of the molecule is NNc1ncc(F)c(NCCc2ccc(O)cc2)n1. The molecule has 19 heavy (non-hydrogen) atoms. The van der Waals surface area contributed by atoms with Crippen molar-refractivity contribution in [2.75, 3.05) is 17.3 Å². The summed E-state index contributed by atoms with van der Waals surface area (Å²) in [4.78, 5) is 7.51. The number of halogens is 1. The highest BCUT2D eigenvalue weighted by Gasteiger charge is 2.05. The predicted molar refractivity (Wildman–Crippen MR) is 70.1 cm³/mol. The average Bonchev–Trinajstić information content (AvgIpc) is 2.43. The third-order valence-electron chi connectivity index (χ3n) is 2.52. The van der Waals surface area contributed by atoms with E-state index in [2.05, 4.69) is 20.7 Å². The molecule has 2 rings (SSSR count). The smallest absolute Gasteiger partial charge is 0.239 e. The van der Waals surface area contributed by atoms with Crippen molar-refractivity contribution in [3.05, 3.63) is 41.8 Å². The number of phenols is 1. The molecule has 0 saturated heterocycles. The van der Waals surface area contributed by atoms with Crippen LogP contribution in [-0.2, 0) is 6.42 Å². The second kappa shape index (κ2) is 5.96. The van der Waals surface area contributed by atoms with E-state index in [0.717, 1.165) is 11.8 Å². The standard InChI is InChI=1S/C12H14FN5O/c13-10-7-16-12(18-14)17-11(10)15-6-5-8-1-3-9(19)4-2-8/h1-4,7,19H,5-6,14H2,(H2,15,16,17,18). The number of hydrogen-bond donors (Lipinski definition) is 4. The zero-order valence-corrected chi connectivity index (χ0v) is 10.1. The number of hydrogen-bond acceptors (Lipinski definition) is 6. The molecule has 0 aliphatic heterocycles. The topological polar surface area (TPSA) is 96.1 Å².